The van der Waals surface area contributed by atoms with Crippen molar-refractivity contribution in [2.24, 2.45) is 10.9 Å². The lowest BCUT2D eigenvalue weighted by Gasteiger charge is -2.16. The van der Waals surface area contributed by atoms with Gasteiger partial charge in [0.1, 0.15) is 5.84 Å². The van der Waals surface area contributed by atoms with Crippen LogP contribution in [0.25, 0.3) is 0 Å². The molecule has 0 unspecified atom stereocenters. The molecule has 1 amide bonds. The molecule has 1 aromatic carbocycles. The smallest absolute Gasteiger partial charge is 0.253 e. The number of nitrogens with two attached hydrogens (primary N) is 1. The van der Waals surface area contributed by atoms with Gasteiger partial charge in [-0.15, -0.1) is 0 Å². The Bertz CT molecular complexity index is 477. The van der Waals surface area contributed by atoms with Crippen LogP contribution < -0.4 is 5.73 Å². The van der Waals surface area contributed by atoms with Gasteiger partial charge < -0.3 is 15.8 Å². The minimum atomic E-state index is -0.209. The molecular formula is C11H13Cl2N3O2. The van der Waals surface area contributed by atoms with Crippen molar-refractivity contribution < 1.29 is 10.0 Å². The summed E-state index contributed by atoms with van der Waals surface area (Å²) < 4.78 is 0. The van der Waals surface area contributed by atoms with Crippen molar-refractivity contribution in [3.05, 3.63) is 33.8 Å². The number of amidine groups is 1. The number of oxime groups is 1. The number of carbonyl (C=O) groups is 1. The Balaban J connectivity index is 2.71. The highest BCUT2D eigenvalue weighted by Crippen LogP contribution is 2.23. The summed E-state index contributed by atoms with van der Waals surface area (Å²) in [6.45, 7) is 0.342. The first kappa shape index (κ1) is 14.6. The van der Waals surface area contributed by atoms with E-state index in [1.165, 1.54) is 11.0 Å². The molecule has 0 fully saturated rings. The van der Waals surface area contributed by atoms with Crippen LogP contribution >= 0.6 is 23.2 Å². The van der Waals surface area contributed by atoms with Gasteiger partial charge in [-0.2, -0.15) is 0 Å². The minimum Gasteiger partial charge on any atom is -0.409 e. The summed E-state index contributed by atoms with van der Waals surface area (Å²) in [4.78, 5) is 13.4. The molecule has 7 heteroatoms. The van der Waals surface area contributed by atoms with Gasteiger partial charge in [0.2, 0.25) is 0 Å². The SMILES string of the molecule is CN(CC/C(N)=N/O)C(=O)c1ccc(Cl)c(Cl)c1. The molecule has 0 atom stereocenters. The number of nitrogens with zero attached hydrogens (tertiary/aromatic N) is 2. The van der Waals surface area contributed by atoms with E-state index in [-0.39, 0.29) is 11.7 Å². The number of benzene rings is 1. The predicted octanol–water partition coefficient (Wildman–Crippen LogP) is 2.20. The highest BCUT2D eigenvalue weighted by Gasteiger charge is 2.13. The first-order chi connectivity index (χ1) is 8.45. The Labute approximate surface area is 115 Å². The van der Waals surface area contributed by atoms with Crippen LogP contribution in [0.5, 0.6) is 0 Å². The molecule has 0 radical (unpaired) electrons. The fraction of sp³-hybridized carbons (Fsp3) is 0.273. The van der Waals surface area contributed by atoms with Crippen molar-refractivity contribution in [1.29, 1.82) is 0 Å². The van der Waals surface area contributed by atoms with Gasteiger partial charge >= 0.3 is 0 Å². The van der Waals surface area contributed by atoms with Gasteiger partial charge in [-0.3, -0.25) is 4.79 Å². The Morgan fingerprint density at radius 3 is 2.67 bits per heavy atom. The van der Waals surface area contributed by atoms with Gasteiger partial charge in [-0.25, -0.2) is 0 Å². The minimum absolute atomic E-state index is 0.0730. The zero-order chi connectivity index (χ0) is 13.7. The van der Waals surface area contributed by atoms with Crippen LogP contribution in [0.1, 0.15) is 16.8 Å². The molecule has 0 bridgehead atoms. The van der Waals surface area contributed by atoms with E-state index in [1.54, 1.807) is 19.2 Å². The van der Waals surface area contributed by atoms with E-state index in [0.717, 1.165) is 0 Å². The number of rotatable bonds is 4. The quantitative estimate of drug-likeness (QED) is 0.386. The Morgan fingerprint density at radius 1 is 1.44 bits per heavy atom. The molecule has 0 saturated carbocycles. The fourth-order valence-electron chi connectivity index (χ4n) is 1.28. The van der Waals surface area contributed by atoms with Crippen molar-refractivity contribution in [1.82, 2.24) is 4.90 Å². The monoisotopic (exact) mass is 289 g/mol. The average molecular weight is 290 g/mol. The maximum atomic E-state index is 12.0. The van der Waals surface area contributed by atoms with E-state index in [4.69, 9.17) is 34.1 Å². The molecule has 0 saturated heterocycles. The number of hydrogen-bond donors (Lipinski definition) is 2. The van der Waals surface area contributed by atoms with Crippen LogP contribution in [0.2, 0.25) is 10.0 Å². The van der Waals surface area contributed by atoms with Gasteiger partial charge in [0.05, 0.1) is 10.0 Å². The number of halogens is 2. The standard InChI is InChI=1S/C11H13Cl2N3O2/c1-16(5-4-10(14)15-18)11(17)7-2-3-8(12)9(13)6-7/h2-3,6,18H,4-5H2,1H3,(H2,14,15). The second-order valence-electron chi connectivity index (χ2n) is 3.70. The van der Waals surface area contributed by atoms with Gasteiger partial charge in [-0.05, 0) is 18.2 Å². The molecule has 1 rings (SSSR count). The second-order valence-corrected chi connectivity index (χ2v) is 4.51. The van der Waals surface area contributed by atoms with E-state index >= 15 is 0 Å². The van der Waals surface area contributed by atoms with Crippen molar-refractivity contribution in [3.8, 4) is 0 Å². The molecular weight excluding hydrogens is 277 g/mol. The molecule has 0 heterocycles. The van der Waals surface area contributed by atoms with Crippen molar-refractivity contribution >= 4 is 34.9 Å². The highest BCUT2D eigenvalue weighted by atomic mass is 35.5. The summed E-state index contributed by atoms with van der Waals surface area (Å²) in [7, 11) is 1.62. The third-order valence-electron chi connectivity index (χ3n) is 2.35. The number of hydrogen-bond acceptors (Lipinski definition) is 3. The van der Waals surface area contributed by atoms with Gasteiger partial charge in [0.25, 0.3) is 5.91 Å². The normalized spacial score (nSPS) is 11.4. The predicted molar refractivity (Wildman–Crippen MR) is 71.4 cm³/mol. The average Bonchev–Trinajstić information content (AvgIpc) is 2.37. The molecule has 0 aromatic heterocycles. The molecule has 18 heavy (non-hydrogen) atoms. The van der Waals surface area contributed by atoms with Crippen LogP contribution in [-0.4, -0.2) is 35.4 Å². The summed E-state index contributed by atoms with van der Waals surface area (Å²) in [5, 5.41) is 12.0. The highest BCUT2D eigenvalue weighted by molar-refractivity contribution is 6.42. The fourth-order valence-corrected chi connectivity index (χ4v) is 1.58. The zero-order valence-electron chi connectivity index (χ0n) is 9.73. The lowest BCUT2D eigenvalue weighted by molar-refractivity contribution is 0.0798. The largest absolute Gasteiger partial charge is 0.409 e. The van der Waals surface area contributed by atoms with E-state index in [9.17, 15) is 4.79 Å². The van der Waals surface area contributed by atoms with E-state index < -0.39 is 0 Å². The summed E-state index contributed by atoms with van der Waals surface area (Å²) in [5.41, 5.74) is 5.76. The molecule has 0 aliphatic rings. The van der Waals surface area contributed by atoms with E-state index in [1.807, 2.05) is 0 Å². The van der Waals surface area contributed by atoms with Crippen LogP contribution in [0.4, 0.5) is 0 Å². The summed E-state index contributed by atoms with van der Waals surface area (Å²) in [6, 6.07) is 4.66. The van der Waals surface area contributed by atoms with E-state index in [0.29, 0.717) is 28.6 Å². The van der Waals surface area contributed by atoms with E-state index in [2.05, 4.69) is 5.16 Å². The van der Waals surface area contributed by atoms with Crippen LogP contribution in [0, 0.1) is 0 Å². The molecule has 0 aliphatic heterocycles. The third-order valence-corrected chi connectivity index (χ3v) is 3.08. The third kappa shape index (κ3) is 3.78. The summed E-state index contributed by atoms with van der Waals surface area (Å²) in [5.74, 6) is -0.136. The molecule has 0 spiro atoms. The van der Waals surface area contributed by atoms with Gasteiger partial charge in [0.15, 0.2) is 0 Å². The number of amides is 1. The molecule has 0 aliphatic carbocycles. The Kier molecular flexibility index (Phi) is 5.25. The Hall–Kier alpha value is -1.46. The topological polar surface area (TPSA) is 78.9 Å². The van der Waals surface area contributed by atoms with Gasteiger partial charge in [-0.1, -0.05) is 28.4 Å². The maximum absolute atomic E-state index is 12.0. The zero-order valence-corrected chi connectivity index (χ0v) is 11.2. The van der Waals surface area contributed by atoms with Crippen molar-refractivity contribution in [2.75, 3.05) is 13.6 Å². The number of carbonyl (C=O) groups excluding carboxylic acids is 1. The lowest BCUT2D eigenvalue weighted by atomic mass is 10.2. The first-order valence-corrected chi connectivity index (χ1v) is 5.88. The van der Waals surface area contributed by atoms with Crippen molar-refractivity contribution in [2.45, 2.75) is 6.42 Å². The van der Waals surface area contributed by atoms with Gasteiger partial charge in [0, 0.05) is 25.6 Å². The van der Waals surface area contributed by atoms with Crippen LogP contribution in [0.15, 0.2) is 23.4 Å². The lowest BCUT2D eigenvalue weighted by Crippen LogP contribution is -2.30. The Morgan fingerprint density at radius 2 is 2.11 bits per heavy atom. The molecule has 3 N–H and O–H groups in total. The maximum Gasteiger partial charge on any atom is 0.253 e. The molecule has 5 nitrogen and oxygen atoms in total. The van der Waals surface area contributed by atoms with Crippen molar-refractivity contribution in [3.63, 3.8) is 0 Å². The second kappa shape index (κ2) is 6.47. The molecule has 1 aromatic rings. The van der Waals surface area contributed by atoms with Crippen LogP contribution in [-0.2, 0) is 0 Å². The summed E-state index contributed by atoms with van der Waals surface area (Å²) >= 11 is 11.6. The van der Waals surface area contributed by atoms with Crippen LogP contribution in [0.3, 0.4) is 0 Å². The first-order valence-electron chi connectivity index (χ1n) is 5.12. The molecule has 98 valence electrons. The summed E-state index contributed by atoms with van der Waals surface area (Å²) in [6.07, 6.45) is 0.292.